The molecule has 0 bridgehead atoms. The lowest BCUT2D eigenvalue weighted by Crippen LogP contribution is -1.97. The summed E-state index contributed by atoms with van der Waals surface area (Å²) in [6.07, 6.45) is 16.5. The third-order valence-corrected chi connectivity index (χ3v) is 4.10. The van der Waals surface area contributed by atoms with Crippen molar-refractivity contribution in [2.45, 2.75) is 97.8 Å². The Labute approximate surface area is 122 Å². The summed E-state index contributed by atoms with van der Waals surface area (Å²) in [7, 11) is 0. The predicted molar refractivity (Wildman–Crippen MR) is 86.5 cm³/mol. The number of hydrogen-bond donors (Lipinski definition) is 1. The Balaban J connectivity index is 3.03. The number of rotatable bonds is 14. The fourth-order valence-electron chi connectivity index (χ4n) is 2.65. The first-order valence-electron chi connectivity index (χ1n) is 8.77. The van der Waals surface area contributed by atoms with Crippen molar-refractivity contribution in [1.82, 2.24) is 0 Å². The molecule has 0 aliphatic rings. The molecular weight excluding hydrogens is 232 g/mol. The SMILES string of the molecule is CC(C)CCCCCCCCCCC[C@@H](C)CCO. The van der Waals surface area contributed by atoms with E-state index in [-0.39, 0.29) is 0 Å². The zero-order chi connectivity index (χ0) is 14.3. The highest BCUT2D eigenvalue weighted by molar-refractivity contribution is 4.54. The van der Waals surface area contributed by atoms with E-state index in [4.69, 9.17) is 5.11 Å². The highest BCUT2D eigenvalue weighted by atomic mass is 16.3. The molecule has 0 aliphatic carbocycles. The van der Waals surface area contributed by atoms with Crippen molar-refractivity contribution in [2.24, 2.45) is 11.8 Å². The van der Waals surface area contributed by atoms with E-state index in [1.54, 1.807) is 0 Å². The van der Waals surface area contributed by atoms with Gasteiger partial charge in [0.2, 0.25) is 0 Å². The van der Waals surface area contributed by atoms with Crippen LogP contribution in [0.25, 0.3) is 0 Å². The smallest absolute Gasteiger partial charge is 0.0433 e. The van der Waals surface area contributed by atoms with Crippen molar-refractivity contribution in [3.05, 3.63) is 0 Å². The Kier molecular flexibility index (Phi) is 14.3. The molecule has 0 aromatic heterocycles. The van der Waals surface area contributed by atoms with Crippen molar-refractivity contribution < 1.29 is 5.11 Å². The zero-order valence-electron chi connectivity index (χ0n) is 13.8. The fraction of sp³-hybridized carbons (Fsp3) is 1.00. The number of hydrogen-bond acceptors (Lipinski definition) is 1. The minimum Gasteiger partial charge on any atom is -0.396 e. The molecule has 0 amide bonds. The predicted octanol–water partition coefficient (Wildman–Crippen LogP) is 5.95. The average Bonchev–Trinajstić information content (AvgIpc) is 2.36. The first kappa shape index (κ1) is 19.0. The molecular formula is C18H38O. The highest BCUT2D eigenvalue weighted by Crippen LogP contribution is 2.15. The van der Waals surface area contributed by atoms with Crippen molar-refractivity contribution in [1.29, 1.82) is 0 Å². The molecule has 0 radical (unpaired) electrons. The molecule has 0 fully saturated rings. The molecule has 0 saturated carbocycles. The zero-order valence-corrected chi connectivity index (χ0v) is 13.8. The van der Waals surface area contributed by atoms with E-state index in [0.717, 1.165) is 12.3 Å². The van der Waals surface area contributed by atoms with Gasteiger partial charge in [0.15, 0.2) is 0 Å². The van der Waals surface area contributed by atoms with Gasteiger partial charge in [-0.3, -0.25) is 0 Å². The second-order valence-corrected chi connectivity index (χ2v) is 6.77. The lowest BCUT2D eigenvalue weighted by atomic mass is 9.99. The third kappa shape index (κ3) is 15.9. The molecule has 0 heterocycles. The van der Waals surface area contributed by atoms with Gasteiger partial charge in [-0.2, -0.15) is 0 Å². The first-order chi connectivity index (χ1) is 9.16. The van der Waals surface area contributed by atoms with E-state index < -0.39 is 0 Å². The third-order valence-electron chi connectivity index (χ3n) is 4.10. The fourth-order valence-corrected chi connectivity index (χ4v) is 2.65. The van der Waals surface area contributed by atoms with Crippen LogP contribution in [-0.2, 0) is 0 Å². The molecule has 0 saturated heterocycles. The molecule has 0 rings (SSSR count). The van der Waals surface area contributed by atoms with Gasteiger partial charge >= 0.3 is 0 Å². The standard InChI is InChI=1S/C18H38O/c1-17(2)13-11-9-7-5-4-6-8-10-12-14-18(3)15-16-19/h17-19H,4-16H2,1-3H3/t18-/m1/s1. The van der Waals surface area contributed by atoms with E-state index in [1.807, 2.05) is 0 Å². The maximum Gasteiger partial charge on any atom is 0.0433 e. The molecule has 0 aromatic rings. The van der Waals surface area contributed by atoms with Crippen LogP contribution in [0.15, 0.2) is 0 Å². The topological polar surface area (TPSA) is 20.2 Å². The summed E-state index contributed by atoms with van der Waals surface area (Å²) in [4.78, 5) is 0. The van der Waals surface area contributed by atoms with Gasteiger partial charge in [-0.25, -0.2) is 0 Å². The molecule has 0 aromatic carbocycles. The Morgan fingerprint density at radius 1 is 0.579 bits per heavy atom. The minimum absolute atomic E-state index is 0.359. The van der Waals surface area contributed by atoms with Crippen LogP contribution in [0.3, 0.4) is 0 Å². The van der Waals surface area contributed by atoms with Crippen molar-refractivity contribution in [3.63, 3.8) is 0 Å². The normalized spacial score (nSPS) is 13.1. The largest absolute Gasteiger partial charge is 0.396 e. The molecule has 116 valence electrons. The van der Waals surface area contributed by atoms with Crippen molar-refractivity contribution in [2.75, 3.05) is 6.61 Å². The molecule has 1 N–H and O–H groups in total. The molecule has 1 atom stereocenters. The van der Waals surface area contributed by atoms with Gasteiger partial charge in [0, 0.05) is 6.61 Å². The number of unbranched alkanes of at least 4 members (excludes halogenated alkanes) is 8. The lowest BCUT2D eigenvalue weighted by molar-refractivity contribution is 0.256. The Bertz CT molecular complexity index is 165. The molecule has 19 heavy (non-hydrogen) atoms. The maximum absolute atomic E-state index is 8.83. The Morgan fingerprint density at radius 2 is 1.00 bits per heavy atom. The summed E-state index contributed by atoms with van der Waals surface area (Å²) in [5, 5.41) is 8.83. The summed E-state index contributed by atoms with van der Waals surface area (Å²) in [5.74, 6) is 1.60. The van der Waals surface area contributed by atoms with E-state index >= 15 is 0 Å². The second-order valence-electron chi connectivity index (χ2n) is 6.77. The van der Waals surface area contributed by atoms with E-state index in [2.05, 4.69) is 20.8 Å². The van der Waals surface area contributed by atoms with Crippen LogP contribution in [0.5, 0.6) is 0 Å². The van der Waals surface area contributed by atoms with Gasteiger partial charge in [0.25, 0.3) is 0 Å². The number of aliphatic hydroxyl groups is 1. The number of aliphatic hydroxyl groups excluding tert-OH is 1. The maximum atomic E-state index is 8.83. The Hall–Kier alpha value is -0.0400. The molecule has 1 nitrogen and oxygen atoms in total. The van der Waals surface area contributed by atoms with Crippen LogP contribution in [0.1, 0.15) is 97.8 Å². The molecule has 0 unspecified atom stereocenters. The summed E-state index contributed by atoms with van der Waals surface area (Å²) >= 11 is 0. The van der Waals surface area contributed by atoms with Gasteiger partial charge in [-0.15, -0.1) is 0 Å². The molecule has 0 aliphatic heterocycles. The van der Waals surface area contributed by atoms with Gasteiger partial charge in [0.1, 0.15) is 0 Å². The average molecular weight is 271 g/mol. The highest BCUT2D eigenvalue weighted by Gasteiger charge is 2.00. The van der Waals surface area contributed by atoms with Crippen LogP contribution in [0.4, 0.5) is 0 Å². The van der Waals surface area contributed by atoms with E-state index in [9.17, 15) is 0 Å². The summed E-state index contributed by atoms with van der Waals surface area (Å²) < 4.78 is 0. The Morgan fingerprint density at radius 3 is 1.42 bits per heavy atom. The second kappa shape index (κ2) is 14.4. The van der Waals surface area contributed by atoms with E-state index in [1.165, 1.54) is 70.6 Å². The molecule has 0 spiro atoms. The quantitative estimate of drug-likeness (QED) is 0.387. The van der Waals surface area contributed by atoms with Crippen molar-refractivity contribution >= 4 is 0 Å². The lowest BCUT2D eigenvalue weighted by Gasteiger charge is -2.08. The van der Waals surface area contributed by atoms with Crippen molar-refractivity contribution in [3.8, 4) is 0 Å². The summed E-state index contributed by atoms with van der Waals surface area (Å²) in [5.41, 5.74) is 0. The molecule has 1 heteroatoms. The van der Waals surface area contributed by atoms with Gasteiger partial charge < -0.3 is 5.11 Å². The van der Waals surface area contributed by atoms with E-state index in [0.29, 0.717) is 12.5 Å². The summed E-state index contributed by atoms with van der Waals surface area (Å²) in [6.45, 7) is 7.26. The van der Waals surface area contributed by atoms with Gasteiger partial charge in [0.05, 0.1) is 0 Å². The van der Waals surface area contributed by atoms with Gasteiger partial charge in [-0.05, 0) is 18.3 Å². The minimum atomic E-state index is 0.359. The monoisotopic (exact) mass is 270 g/mol. The van der Waals surface area contributed by atoms with Crippen LogP contribution < -0.4 is 0 Å². The van der Waals surface area contributed by atoms with Crippen LogP contribution in [-0.4, -0.2) is 11.7 Å². The first-order valence-corrected chi connectivity index (χ1v) is 8.77. The summed E-state index contributed by atoms with van der Waals surface area (Å²) in [6, 6.07) is 0. The van der Waals surface area contributed by atoms with Crippen LogP contribution in [0.2, 0.25) is 0 Å². The van der Waals surface area contributed by atoms with Gasteiger partial charge in [-0.1, -0.05) is 91.4 Å². The van der Waals surface area contributed by atoms with Crippen LogP contribution >= 0.6 is 0 Å². The van der Waals surface area contributed by atoms with Crippen LogP contribution in [0, 0.1) is 11.8 Å².